The number of hydrogen-bond donors (Lipinski definition) is 1. The molecule has 0 radical (unpaired) electrons. The third kappa shape index (κ3) is 1.44. The highest BCUT2D eigenvalue weighted by Gasteiger charge is 2.25. The van der Waals surface area contributed by atoms with Gasteiger partial charge in [0.1, 0.15) is 0 Å². The van der Waals surface area contributed by atoms with E-state index in [-0.39, 0.29) is 5.41 Å². The van der Waals surface area contributed by atoms with Crippen molar-refractivity contribution in [3.05, 3.63) is 29.3 Å². The molecule has 0 unspecified atom stereocenters. The third-order valence-corrected chi connectivity index (χ3v) is 3.89. The third-order valence-electron chi connectivity index (χ3n) is 3.89. The second kappa shape index (κ2) is 3.16. The quantitative estimate of drug-likeness (QED) is 0.626. The molecule has 0 bridgehead atoms. The predicted molar refractivity (Wildman–Crippen MR) is 78.1 cm³/mol. The van der Waals surface area contributed by atoms with Crippen molar-refractivity contribution in [1.29, 1.82) is 0 Å². The van der Waals surface area contributed by atoms with Crippen molar-refractivity contribution >= 4 is 27.5 Å². The van der Waals surface area contributed by atoms with Gasteiger partial charge in [-0.15, -0.1) is 0 Å². The Morgan fingerprint density at radius 1 is 1.16 bits per heavy atom. The molecule has 0 spiro atoms. The zero-order valence-electron chi connectivity index (χ0n) is 11.6. The lowest BCUT2D eigenvalue weighted by atomic mass is 9.92. The van der Waals surface area contributed by atoms with Crippen LogP contribution in [0.5, 0.6) is 0 Å². The zero-order chi connectivity index (χ0) is 13.4. The Kier molecular flexibility index (Phi) is 1.82. The van der Waals surface area contributed by atoms with E-state index in [0.717, 1.165) is 29.3 Å². The number of nitrogens with two attached hydrogens (primary N) is 1. The summed E-state index contributed by atoms with van der Waals surface area (Å²) in [5.74, 6) is 0. The molecule has 2 aromatic heterocycles. The monoisotopic (exact) mass is 254 g/mol. The highest BCUT2D eigenvalue weighted by atomic mass is 16.5. The summed E-state index contributed by atoms with van der Waals surface area (Å²) in [7, 11) is 0. The van der Waals surface area contributed by atoms with E-state index in [1.54, 1.807) is 0 Å². The Balaban J connectivity index is 2.26. The van der Waals surface area contributed by atoms with Gasteiger partial charge >= 0.3 is 0 Å². The van der Waals surface area contributed by atoms with Crippen LogP contribution in [-0.4, -0.2) is 4.57 Å². The van der Waals surface area contributed by atoms with Crippen molar-refractivity contribution in [1.82, 2.24) is 4.57 Å². The molecule has 19 heavy (non-hydrogen) atoms. The van der Waals surface area contributed by atoms with E-state index >= 15 is 0 Å². The maximum Gasteiger partial charge on any atom is 0.164 e. The van der Waals surface area contributed by atoms with Gasteiger partial charge in [0.25, 0.3) is 0 Å². The van der Waals surface area contributed by atoms with E-state index in [2.05, 4.69) is 26.8 Å². The van der Waals surface area contributed by atoms with Gasteiger partial charge < -0.3 is 10.3 Å². The molecule has 3 nitrogen and oxygen atoms in total. The van der Waals surface area contributed by atoms with Gasteiger partial charge in [0, 0.05) is 21.9 Å². The van der Waals surface area contributed by atoms with Crippen LogP contribution >= 0.6 is 0 Å². The van der Waals surface area contributed by atoms with E-state index < -0.39 is 0 Å². The van der Waals surface area contributed by atoms with Crippen molar-refractivity contribution in [2.45, 2.75) is 39.0 Å². The summed E-state index contributed by atoms with van der Waals surface area (Å²) < 4.78 is 8.15. The van der Waals surface area contributed by atoms with Crippen LogP contribution in [0.15, 0.2) is 22.7 Å². The summed E-state index contributed by atoms with van der Waals surface area (Å²) >= 11 is 0. The van der Waals surface area contributed by atoms with Crippen molar-refractivity contribution in [2.24, 2.45) is 0 Å². The summed E-state index contributed by atoms with van der Waals surface area (Å²) in [6.07, 6.45) is 2.31. The summed E-state index contributed by atoms with van der Waals surface area (Å²) in [5, 5.41) is 2.34. The van der Waals surface area contributed by atoms with Crippen LogP contribution in [0.25, 0.3) is 21.9 Å². The molecule has 2 heterocycles. The minimum atomic E-state index is 0.0503. The van der Waals surface area contributed by atoms with Gasteiger partial charge in [-0.05, 0) is 36.6 Å². The maximum absolute atomic E-state index is 6.14. The van der Waals surface area contributed by atoms with E-state index in [9.17, 15) is 0 Å². The Morgan fingerprint density at radius 2 is 1.89 bits per heavy atom. The number of benzene rings is 1. The van der Waals surface area contributed by atoms with Crippen LogP contribution in [0, 0.1) is 0 Å². The molecule has 0 amide bonds. The standard InChI is InChI=1S/C16H18N2O/c1-16(2,3)13-7-10-6-11(17)8-12-14(10)18(13)19-15(12)9-4-5-9/h6-8H,4-5,17H2,1-3H3. The average Bonchev–Trinajstić information content (AvgIpc) is 2.98. The molecule has 98 valence electrons. The molecule has 0 saturated heterocycles. The minimum absolute atomic E-state index is 0.0503. The molecule has 1 saturated carbocycles. The molecule has 3 aromatic rings. The van der Waals surface area contributed by atoms with Crippen molar-refractivity contribution in [2.75, 3.05) is 5.73 Å². The molecular formula is C16H18N2O. The summed E-state index contributed by atoms with van der Waals surface area (Å²) in [6.45, 7) is 6.62. The molecule has 4 rings (SSSR count). The smallest absolute Gasteiger partial charge is 0.164 e. The van der Waals surface area contributed by atoms with Crippen molar-refractivity contribution < 1.29 is 4.52 Å². The average molecular weight is 254 g/mol. The first-order valence-electron chi connectivity index (χ1n) is 6.81. The molecule has 1 aliphatic carbocycles. The molecule has 3 heteroatoms. The molecule has 2 N–H and O–H groups in total. The van der Waals surface area contributed by atoms with Gasteiger partial charge in [0.2, 0.25) is 0 Å². The molecule has 1 fully saturated rings. The van der Waals surface area contributed by atoms with E-state index in [4.69, 9.17) is 10.3 Å². The SMILES string of the molecule is CC(C)(C)c1cc2cc(N)cc3c(=C4CC4)on1c23. The lowest BCUT2D eigenvalue weighted by molar-refractivity contribution is 0.327. The van der Waals surface area contributed by atoms with E-state index in [0.29, 0.717) is 0 Å². The van der Waals surface area contributed by atoms with Crippen LogP contribution in [-0.2, 0) is 5.41 Å². The molecule has 0 atom stereocenters. The first-order valence-corrected chi connectivity index (χ1v) is 6.81. The van der Waals surface area contributed by atoms with Crippen molar-refractivity contribution in [3.63, 3.8) is 0 Å². The highest BCUT2D eigenvalue weighted by molar-refractivity contribution is 6.00. The fourth-order valence-corrected chi connectivity index (χ4v) is 2.82. The van der Waals surface area contributed by atoms with Gasteiger partial charge in [0.15, 0.2) is 5.42 Å². The summed E-state index contributed by atoms with van der Waals surface area (Å²) in [4.78, 5) is 0. The van der Waals surface area contributed by atoms with Gasteiger partial charge in [-0.2, -0.15) is 4.57 Å². The van der Waals surface area contributed by atoms with Gasteiger partial charge in [-0.3, -0.25) is 0 Å². The predicted octanol–water partition coefficient (Wildman–Crippen LogP) is 3.23. The van der Waals surface area contributed by atoms with E-state index in [1.807, 2.05) is 16.7 Å². The molecule has 1 aromatic carbocycles. The largest absolute Gasteiger partial charge is 0.399 e. The Labute approximate surface area is 111 Å². The first-order chi connectivity index (χ1) is 8.95. The van der Waals surface area contributed by atoms with Crippen molar-refractivity contribution in [3.8, 4) is 0 Å². The summed E-state index contributed by atoms with van der Waals surface area (Å²) in [5.41, 5.74) is 11.7. The topological polar surface area (TPSA) is 43.6 Å². The minimum Gasteiger partial charge on any atom is -0.399 e. The fourth-order valence-electron chi connectivity index (χ4n) is 2.82. The Bertz CT molecular complexity index is 852. The van der Waals surface area contributed by atoms with Crippen LogP contribution < -0.4 is 11.1 Å². The number of rotatable bonds is 0. The van der Waals surface area contributed by atoms with Crippen LogP contribution in [0.2, 0.25) is 0 Å². The lowest BCUT2D eigenvalue weighted by Gasteiger charge is -2.16. The number of hydrogen-bond acceptors (Lipinski definition) is 2. The van der Waals surface area contributed by atoms with E-state index in [1.165, 1.54) is 22.2 Å². The number of anilines is 1. The zero-order valence-corrected chi connectivity index (χ0v) is 11.6. The number of nitrogens with zero attached hydrogens (tertiary/aromatic N) is 1. The summed E-state index contributed by atoms with van der Waals surface area (Å²) in [6, 6.07) is 6.27. The molecular weight excluding hydrogens is 236 g/mol. The normalized spacial score (nSPS) is 15.8. The Hall–Kier alpha value is -1.90. The van der Waals surface area contributed by atoms with Gasteiger partial charge in [0.05, 0.1) is 11.2 Å². The molecule has 1 aliphatic rings. The first kappa shape index (κ1) is 11.0. The van der Waals surface area contributed by atoms with Crippen LogP contribution in [0.1, 0.15) is 39.3 Å². The second-order valence-electron chi connectivity index (χ2n) is 6.60. The fraction of sp³-hybridized carbons (Fsp3) is 0.375. The number of aromatic nitrogens is 1. The highest BCUT2D eigenvalue weighted by Crippen LogP contribution is 2.35. The second-order valence-corrected chi connectivity index (χ2v) is 6.60. The molecule has 0 aliphatic heterocycles. The number of nitrogen functional groups attached to an aromatic ring is 1. The lowest BCUT2D eigenvalue weighted by Crippen LogP contribution is -2.13. The van der Waals surface area contributed by atoms with Gasteiger partial charge in [-0.25, -0.2) is 0 Å². The van der Waals surface area contributed by atoms with Crippen LogP contribution in [0.4, 0.5) is 5.69 Å². The maximum atomic E-state index is 6.14. The van der Waals surface area contributed by atoms with Gasteiger partial charge in [-0.1, -0.05) is 20.8 Å². The van der Waals surface area contributed by atoms with Crippen LogP contribution in [0.3, 0.4) is 0 Å². The Morgan fingerprint density at radius 3 is 2.53 bits per heavy atom.